The van der Waals surface area contributed by atoms with Crippen molar-refractivity contribution in [3.8, 4) is 0 Å². The fourth-order valence-electron chi connectivity index (χ4n) is 2.70. The van der Waals surface area contributed by atoms with E-state index >= 15 is 0 Å². The zero-order chi connectivity index (χ0) is 13.8. The lowest BCUT2D eigenvalue weighted by molar-refractivity contribution is 0.0744. The Morgan fingerprint density at radius 2 is 1.89 bits per heavy atom. The van der Waals surface area contributed by atoms with Crippen LogP contribution in [0.15, 0.2) is 30.3 Å². The molecule has 1 aliphatic heterocycles. The predicted octanol–water partition coefficient (Wildman–Crippen LogP) is 1.96. The van der Waals surface area contributed by atoms with E-state index in [4.69, 9.17) is 5.73 Å². The second-order valence-corrected chi connectivity index (χ2v) is 6.02. The number of nitrogens with two attached hydrogens (primary N) is 1. The van der Waals surface area contributed by atoms with E-state index in [2.05, 4.69) is 61.0 Å². The van der Waals surface area contributed by atoms with Gasteiger partial charge in [0.05, 0.1) is 0 Å². The third kappa shape index (κ3) is 3.78. The van der Waals surface area contributed by atoms with Crippen molar-refractivity contribution in [2.24, 2.45) is 11.7 Å². The molecule has 0 aromatic heterocycles. The average Bonchev–Trinajstić information content (AvgIpc) is 2.41. The molecule has 19 heavy (non-hydrogen) atoms. The van der Waals surface area contributed by atoms with Gasteiger partial charge in [0.25, 0.3) is 0 Å². The molecule has 3 unspecified atom stereocenters. The van der Waals surface area contributed by atoms with Crippen molar-refractivity contribution in [1.29, 1.82) is 0 Å². The number of likely N-dealkylation sites (N-methyl/N-ethyl adjacent to an activating group) is 1. The van der Waals surface area contributed by atoms with Gasteiger partial charge in [0.15, 0.2) is 0 Å². The molecule has 1 heterocycles. The second kappa shape index (κ2) is 6.51. The molecule has 0 radical (unpaired) electrons. The molecule has 3 nitrogen and oxygen atoms in total. The number of hydrogen-bond donors (Lipinski definition) is 1. The lowest BCUT2D eigenvalue weighted by Gasteiger charge is -2.42. The van der Waals surface area contributed by atoms with E-state index in [1.54, 1.807) is 0 Å². The van der Waals surface area contributed by atoms with Gasteiger partial charge in [0.2, 0.25) is 0 Å². The third-order valence-corrected chi connectivity index (χ3v) is 4.30. The summed E-state index contributed by atoms with van der Waals surface area (Å²) in [6.45, 7) is 8.84. The normalized spacial score (nSPS) is 25.2. The topological polar surface area (TPSA) is 32.5 Å². The summed E-state index contributed by atoms with van der Waals surface area (Å²) in [5.41, 5.74) is 7.45. The number of hydrogen-bond acceptors (Lipinski definition) is 3. The summed E-state index contributed by atoms with van der Waals surface area (Å²) in [6.07, 6.45) is 0. The Morgan fingerprint density at radius 1 is 1.21 bits per heavy atom. The summed E-state index contributed by atoms with van der Waals surface area (Å²) in [5, 5.41) is 0. The van der Waals surface area contributed by atoms with E-state index in [0.29, 0.717) is 12.0 Å². The Balaban J connectivity index is 2.11. The van der Waals surface area contributed by atoms with Gasteiger partial charge in [0, 0.05) is 38.3 Å². The van der Waals surface area contributed by atoms with Crippen LogP contribution in [-0.2, 0) is 0 Å². The van der Waals surface area contributed by atoms with Crippen LogP contribution < -0.4 is 5.73 Å². The minimum atomic E-state index is 0.260. The van der Waals surface area contributed by atoms with Crippen LogP contribution in [0.4, 0.5) is 0 Å². The Hall–Kier alpha value is -0.900. The fourth-order valence-corrected chi connectivity index (χ4v) is 2.70. The second-order valence-electron chi connectivity index (χ2n) is 6.02. The molecule has 1 aromatic carbocycles. The first-order valence-corrected chi connectivity index (χ1v) is 7.31. The van der Waals surface area contributed by atoms with E-state index < -0.39 is 0 Å². The van der Waals surface area contributed by atoms with Gasteiger partial charge in [-0.3, -0.25) is 4.90 Å². The summed E-state index contributed by atoms with van der Waals surface area (Å²) in [4.78, 5) is 5.02. The summed E-state index contributed by atoms with van der Waals surface area (Å²) in [7, 11) is 2.21. The summed E-state index contributed by atoms with van der Waals surface area (Å²) in [5.74, 6) is 0.537. The average molecular weight is 261 g/mol. The highest BCUT2D eigenvalue weighted by atomic mass is 15.3. The molecule has 0 bridgehead atoms. The monoisotopic (exact) mass is 261 g/mol. The van der Waals surface area contributed by atoms with Gasteiger partial charge in [-0.15, -0.1) is 0 Å². The molecule has 0 aliphatic carbocycles. The van der Waals surface area contributed by atoms with Crippen LogP contribution in [0.1, 0.15) is 25.5 Å². The molecular weight excluding hydrogens is 234 g/mol. The Morgan fingerprint density at radius 3 is 2.53 bits per heavy atom. The first-order valence-electron chi connectivity index (χ1n) is 7.31. The zero-order valence-corrected chi connectivity index (χ0v) is 12.4. The molecule has 0 spiro atoms. The van der Waals surface area contributed by atoms with Crippen LogP contribution >= 0.6 is 0 Å². The minimum Gasteiger partial charge on any atom is -0.328 e. The van der Waals surface area contributed by atoms with Gasteiger partial charge in [0.1, 0.15) is 0 Å². The van der Waals surface area contributed by atoms with Crippen molar-refractivity contribution < 1.29 is 0 Å². The highest BCUT2D eigenvalue weighted by molar-refractivity contribution is 5.20. The van der Waals surface area contributed by atoms with E-state index in [-0.39, 0.29) is 6.04 Å². The molecule has 1 saturated heterocycles. The summed E-state index contributed by atoms with van der Waals surface area (Å²) >= 11 is 0. The fraction of sp³-hybridized carbons (Fsp3) is 0.625. The third-order valence-electron chi connectivity index (χ3n) is 4.30. The lowest BCUT2D eigenvalue weighted by Crippen LogP contribution is -2.49. The molecule has 2 N–H and O–H groups in total. The number of nitrogens with zero attached hydrogens (tertiary/aromatic N) is 2. The van der Waals surface area contributed by atoms with Crippen molar-refractivity contribution in [3.63, 3.8) is 0 Å². The van der Waals surface area contributed by atoms with Crippen molar-refractivity contribution in [1.82, 2.24) is 9.80 Å². The molecule has 106 valence electrons. The molecule has 0 amide bonds. The standard InChI is InChI=1S/C16H27N3/c1-13(14(2)17)11-19-10-9-18(3)12-16(19)15-7-5-4-6-8-15/h4-8,13-14,16H,9-12,17H2,1-3H3. The summed E-state index contributed by atoms with van der Waals surface area (Å²) < 4.78 is 0. The van der Waals surface area contributed by atoms with Gasteiger partial charge in [-0.1, -0.05) is 37.3 Å². The molecular formula is C16H27N3. The Kier molecular flexibility index (Phi) is 4.97. The lowest BCUT2D eigenvalue weighted by atomic mass is 9.98. The Bertz CT molecular complexity index is 377. The number of benzene rings is 1. The van der Waals surface area contributed by atoms with Gasteiger partial charge in [-0.25, -0.2) is 0 Å². The van der Waals surface area contributed by atoms with Gasteiger partial charge >= 0.3 is 0 Å². The smallest absolute Gasteiger partial charge is 0.0475 e. The van der Waals surface area contributed by atoms with Crippen molar-refractivity contribution in [2.45, 2.75) is 25.9 Å². The number of rotatable bonds is 4. The van der Waals surface area contributed by atoms with Crippen LogP contribution in [0, 0.1) is 5.92 Å². The van der Waals surface area contributed by atoms with Gasteiger partial charge < -0.3 is 10.6 Å². The molecule has 0 saturated carbocycles. The largest absolute Gasteiger partial charge is 0.328 e. The summed E-state index contributed by atoms with van der Waals surface area (Å²) in [6, 6.07) is 11.6. The molecule has 3 atom stereocenters. The van der Waals surface area contributed by atoms with Gasteiger partial charge in [-0.05, 0) is 25.5 Å². The first kappa shape index (κ1) is 14.5. The molecule has 2 rings (SSSR count). The SMILES string of the molecule is CC(N)C(C)CN1CCN(C)CC1c1ccccc1. The Labute approximate surface area is 117 Å². The van der Waals surface area contributed by atoms with Crippen molar-refractivity contribution >= 4 is 0 Å². The maximum Gasteiger partial charge on any atom is 0.0475 e. The minimum absolute atomic E-state index is 0.260. The van der Waals surface area contributed by atoms with Crippen LogP contribution in [-0.4, -0.2) is 49.1 Å². The predicted molar refractivity (Wildman–Crippen MR) is 81.1 cm³/mol. The van der Waals surface area contributed by atoms with Crippen LogP contribution in [0.2, 0.25) is 0 Å². The van der Waals surface area contributed by atoms with Crippen molar-refractivity contribution in [3.05, 3.63) is 35.9 Å². The maximum absolute atomic E-state index is 6.03. The van der Waals surface area contributed by atoms with Crippen LogP contribution in [0.25, 0.3) is 0 Å². The van der Waals surface area contributed by atoms with E-state index in [0.717, 1.165) is 26.2 Å². The van der Waals surface area contributed by atoms with Crippen LogP contribution in [0.3, 0.4) is 0 Å². The van der Waals surface area contributed by atoms with E-state index in [9.17, 15) is 0 Å². The molecule has 3 heteroatoms. The first-order chi connectivity index (χ1) is 9.08. The highest BCUT2D eigenvalue weighted by Crippen LogP contribution is 2.25. The van der Waals surface area contributed by atoms with E-state index in [1.165, 1.54) is 5.56 Å². The molecule has 1 fully saturated rings. The molecule has 1 aromatic rings. The van der Waals surface area contributed by atoms with Crippen molar-refractivity contribution in [2.75, 3.05) is 33.2 Å². The van der Waals surface area contributed by atoms with Crippen LogP contribution in [0.5, 0.6) is 0 Å². The van der Waals surface area contributed by atoms with E-state index in [1.807, 2.05) is 0 Å². The number of piperazine rings is 1. The molecule has 1 aliphatic rings. The van der Waals surface area contributed by atoms with Gasteiger partial charge in [-0.2, -0.15) is 0 Å². The maximum atomic E-state index is 6.03. The highest BCUT2D eigenvalue weighted by Gasteiger charge is 2.27. The quantitative estimate of drug-likeness (QED) is 0.899. The zero-order valence-electron chi connectivity index (χ0n) is 12.4.